The van der Waals surface area contributed by atoms with Crippen molar-refractivity contribution in [3.05, 3.63) is 11.1 Å². The van der Waals surface area contributed by atoms with Crippen LogP contribution < -0.4 is 0 Å². The number of ether oxygens (including phenoxy) is 1. The minimum atomic E-state index is -0.480. The predicted molar refractivity (Wildman–Crippen MR) is 69.2 cm³/mol. The summed E-state index contributed by atoms with van der Waals surface area (Å²) in [6.07, 6.45) is 1.75. The molecule has 3 aliphatic rings. The van der Waals surface area contributed by atoms with E-state index in [9.17, 15) is 15.0 Å². The highest BCUT2D eigenvalue weighted by atomic mass is 16.5. The fourth-order valence-corrected chi connectivity index (χ4v) is 4.21. The summed E-state index contributed by atoms with van der Waals surface area (Å²) in [5, 5.41) is 19.9. The van der Waals surface area contributed by atoms with E-state index >= 15 is 0 Å². The van der Waals surface area contributed by atoms with Crippen LogP contribution in [0.1, 0.15) is 33.1 Å². The molecular weight excluding hydrogens is 244 g/mol. The minimum Gasteiger partial charge on any atom is -0.458 e. The zero-order valence-corrected chi connectivity index (χ0v) is 11.6. The van der Waals surface area contributed by atoms with E-state index in [0.717, 1.165) is 18.4 Å². The third kappa shape index (κ3) is 1.93. The van der Waals surface area contributed by atoms with E-state index in [1.165, 1.54) is 0 Å². The van der Waals surface area contributed by atoms with Crippen LogP contribution in [0, 0.1) is 23.2 Å². The second-order valence-corrected chi connectivity index (χ2v) is 6.86. The van der Waals surface area contributed by atoms with Gasteiger partial charge in [-0.25, -0.2) is 4.79 Å². The van der Waals surface area contributed by atoms with Crippen molar-refractivity contribution in [2.45, 2.75) is 39.2 Å². The van der Waals surface area contributed by atoms with Gasteiger partial charge in [-0.2, -0.15) is 0 Å². The number of fused-ring (bicyclic) bond motifs is 2. The van der Waals surface area contributed by atoms with Crippen LogP contribution >= 0.6 is 0 Å². The lowest BCUT2D eigenvalue weighted by atomic mass is 9.80. The summed E-state index contributed by atoms with van der Waals surface area (Å²) < 4.78 is 5.16. The molecule has 4 heteroatoms. The van der Waals surface area contributed by atoms with Crippen molar-refractivity contribution in [1.82, 2.24) is 0 Å². The number of cyclic esters (lactones) is 1. The summed E-state index contributed by atoms with van der Waals surface area (Å²) in [7, 11) is 0. The van der Waals surface area contributed by atoms with Gasteiger partial charge in [0.25, 0.3) is 0 Å². The highest BCUT2D eigenvalue weighted by molar-refractivity contribution is 5.92. The molecule has 0 radical (unpaired) electrons. The van der Waals surface area contributed by atoms with Crippen LogP contribution in [-0.2, 0) is 9.53 Å². The Labute approximate surface area is 113 Å². The normalized spacial score (nSPS) is 45.8. The molecule has 0 aromatic carbocycles. The van der Waals surface area contributed by atoms with Crippen LogP contribution in [0.25, 0.3) is 0 Å². The smallest absolute Gasteiger partial charge is 0.334 e. The Bertz CT molecular complexity index is 441. The first-order chi connectivity index (χ1) is 8.95. The SMILES string of the molecule is CC1C(O)CC2=C(COC2=O)C2CC(C)(CO)CC21. The van der Waals surface area contributed by atoms with Crippen LogP contribution in [0.15, 0.2) is 11.1 Å². The van der Waals surface area contributed by atoms with Crippen molar-refractivity contribution < 1.29 is 19.7 Å². The molecule has 5 unspecified atom stereocenters. The Kier molecular flexibility index (Phi) is 2.98. The summed E-state index contributed by atoms with van der Waals surface area (Å²) in [4.78, 5) is 11.8. The molecule has 1 fully saturated rings. The molecule has 2 aliphatic carbocycles. The maximum atomic E-state index is 11.8. The monoisotopic (exact) mass is 266 g/mol. The van der Waals surface area contributed by atoms with E-state index in [4.69, 9.17) is 4.74 Å². The van der Waals surface area contributed by atoms with Gasteiger partial charge in [0.1, 0.15) is 6.61 Å². The molecule has 1 heterocycles. The van der Waals surface area contributed by atoms with Gasteiger partial charge in [-0.1, -0.05) is 13.8 Å². The van der Waals surface area contributed by atoms with E-state index in [1.54, 1.807) is 0 Å². The quantitative estimate of drug-likeness (QED) is 0.701. The lowest BCUT2D eigenvalue weighted by Crippen LogP contribution is -2.27. The van der Waals surface area contributed by atoms with E-state index in [0.29, 0.717) is 24.5 Å². The van der Waals surface area contributed by atoms with Crippen LogP contribution in [0.4, 0.5) is 0 Å². The molecule has 0 aromatic heterocycles. The predicted octanol–water partition coefficient (Wildman–Crippen LogP) is 1.27. The van der Waals surface area contributed by atoms with Crippen LogP contribution in [0.3, 0.4) is 0 Å². The highest BCUT2D eigenvalue weighted by Crippen LogP contribution is 2.54. The second-order valence-electron chi connectivity index (χ2n) is 6.86. The summed E-state index contributed by atoms with van der Waals surface area (Å²) in [5.41, 5.74) is 1.70. The Morgan fingerprint density at radius 2 is 2.16 bits per heavy atom. The molecule has 5 atom stereocenters. The fourth-order valence-electron chi connectivity index (χ4n) is 4.21. The van der Waals surface area contributed by atoms with Gasteiger partial charge in [0, 0.05) is 18.6 Å². The molecule has 3 rings (SSSR count). The Hall–Kier alpha value is -0.870. The van der Waals surface area contributed by atoms with Gasteiger partial charge in [0.15, 0.2) is 0 Å². The van der Waals surface area contributed by atoms with Gasteiger partial charge >= 0.3 is 5.97 Å². The molecule has 0 bridgehead atoms. The van der Waals surface area contributed by atoms with E-state index in [1.807, 2.05) is 0 Å². The van der Waals surface area contributed by atoms with Crippen LogP contribution in [0.2, 0.25) is 0 Å². The molecule has 0 spiro atoms. The van der Waals surface area contributed by atoms with E-state index in [2.05, 4.69) is 13.8 Å². The van der Waals surface area contributed by atoms with Crippen molar-refractivity contribution in [3.8, 4) is 0 Å². The summed E-state index contributed by atoms with van der Waals surface area (Å²) in [6.45, 7) is 4.72. The summed E-state index contributed by atoms with van der Waals surface area (Å²) in [6, 6.07) is 0. The van der Waals surface area contributed by atoms with Crippen molar-refractivity contribution in [3.63, 3.8) is 0 Å². The number of aliphatic hydroxyl groups excluding tert-OH is 2. The molecular formula is C15H22O4. The Morgan fingerprint density at radius 3 is 2.84 bits per heavy atom. The lowest BCUT2D eigenvalue weighted by Gasteiger charge is -2.27. The molecule has 2 N–H and O–H groups in total. The number of esters is 1. The average molecular weight is 266 g/mol. The largest absolute Gasteiger partial charge is 0.458 e. The average Bonchev–Trinajstić information content (AvgIpc) is 2.89. The standard InChI is InChI=1S/C15H22O4/c1-8-10-4-15(2,7-16)5-11(10)12-6-19-14(18)9(12)3-13(8)17/h8,10-11,13,16-17H,3-7H2,1-2H3. The van der Waals surface area contributed by atoms with Crippen molar-refractivity contribution in [2.24, 2.45) is 23.2 Å². The first-order valence-electron chi connectivity index (χ1n) is 7.13. The fraction of sp³-hybridized carbons (Fsp3) is 0.800. The van der Waals surface area contributed by atoms with Gasteiger partial charge < -0.3 is 14.9 Å². The third-order valence-corrected chi connectivity index (χ3v) is 5.48. The summed E-state index contributed by atoms with van der Waals surface area (Å²) >= 11 is 0. The van der Waals surface area contributed by atoms with Crippen molar-refractivity contribution in [2.75, 3.05) is 13.2 Å². The lowest BCUT2D eigenvalue weighted by molar-refractivity contribution is -0.136. The third-order valence-electron chi connectivity index (χ3n) is 5.48. The van der Waals surface area contributed by atoms with Gasteiger partial charge in [-0.15, -0.1) is 0 Å². The molecule has 0 amide bonds. The maximum Gasteiger partial charge on any atom is 0.334 e. The molecule has 19 heavy (non-hydrogen) atoms. The first kappa shape index (κ1) is 13.1. The van der Waals surface area contributed by atoms with E-state index < -0.39 is 6.10 Å². The Balaban J connectivity index is 2.00. The van der Waals surface area contributed by atoms with E-state index in [-0.39, 0.29) is 29.8 Å². The summed E-state index contributed by atoms with van der Waals surface area (Å²) in [5.74, 6) is 0.538. The first-order valence-corrected chi connectivity index (χ1v) is 7.13. The molecule has 0 saturated heterocycles. The highest BCUT2D eigenvalue weighted by Gasteiger charge is 2.50. The molecule has 0 aromatic rings. The molecule has 4 nitrogen and oxygen atoms in total. The van der Waals surface area contributed by atoms with Crippen LogP contribution in [-0.4, -0.2) is 35.5 Å². The minimum absolute atomic E-state index is 0.0929. The van der Waals surface area contributed by atoms with Gasteiger partial charge in [0.2, 0.25) is 0 Å². The van der Waals surface area contributed by atoms with Gasteiger partial charge in [-0.05, 0) is 41.6 Å². The van der Waals surface area contributed by atoms with Crippen molar-refractivity contribution in [1.29, 1.82) is 0 Å². The zero-order chi connectivity index (χ0) is 13.8. The number of carbonyl (C=O) groups is 1. The van der Waals surface area contributed by atoms with Gasteiger partial charge in [-0.3, -0.25) is 0 Å². The Morgan fingerprint density at radius 1 is 1.42 bits per heavy atom. The molecule has 1 aliphatic heterocycles. The second kappa shape index (κ2) is 4.32. The number of carbonyl (C=O) groups excluding carboxylic acids is 1. The number of hydrogen-bond donors (Lipinski definition) is 2. The van der Waals surface area contributed by atoms with Crippen molar-refractivity contribution >= 4 is 5.97 Å². The number of aliphatic hydroxyl groups is 2. The van der Waals surface area contributed by atoms with Gasteiger partial charge in [0.05, 0.1) is 6.10 Å². The topological polar surface area (TPSA) is 66.8 Å². The molecule has 1 saturated carbocycles. The zero-order valence-electron chi connectivity index (χ0n) is 11.6. The number of hydrogen-bond acceptors (Lipinski definition) is 4. The number of rotatable bonds is 1. The molecule has 106 valence electrons. The van der Waals surface area contributed by atoms with Crippen LogP contribution in [0.5, 0.6) is 0 Å². The maximum absolute atomic E-state index is 11.8.